The van der Waals surface area contributed by atoms with Crippen molar-refractivity contribution in [3.8, 4) is 0 Å². The molecule has 3 unspecified atom stereocenters. The Morgan fingerprint density at radius 2 is 0.771 bits per heavy atom. The molecule has 6 nitrogen and oxygen atoms in total. The fourth-order valence-corrected chi connectivity index (χ4v) is 8.49. The van der Waals surface area contributed by atoms with Gasteiger partial charge in [0.05, 0.1) is 25.2 Å². The summed E-state index contributed by atoms with van der Waals surface area (Å²) in [6.07, 6.45) is 76.2. The second-order valence-corrected chi connectivity index (χ2v) is 19.7. The summed E-state index contributed by atoms with van der Waals surface area (Å²) in [5, 5.41) is 23.9. The number of ether oxygens (including phenoxy) is 1. The van der Waals surface area contributed by atoms with Crippen molar-refractivity contribution in [1.29, 1.82) is 0 Å². The Morgan fingerprint density at radius 1 is 0.429 bits per heavy atom. The van der Waals surface area contributed by atoms with Crippen LogP contribution in [0.4, 0.5) is 0 Å². The minimum Gasteiger partial charge on any atom is -0.462 e. The van der Waals surface area contributed by atoms with Crippen LogP contribution in [0.5, 0.6) is 0 Å². The molecule has 0 saturated carbocycles. The Labute approximate surface area is 433 Å². The molecule has 402 valence electrons. The maximum Gasteiger partial charge on any atom is 0.306 e. The van der Waals surface area contributed by atoms with Gasteiger partial charge in [-0.2, -0.15) is 0 Å². The number of carbonyl (C=O) groups excluding carboxylic acids is 2. The molecule has 0 radical (unpaired) electrons. The number of esters is 1. The molecule has 3 atom stereocenters. The number of hydrogen-bond donors (Lipinski definition) is 3. The number of carbonyl (C=O) groups is 2. The van der Waals surface area contributed by atoms with Crippen molar-refractivity contribution in [2.45, 2.75) is 289 Å². The number of aliphatic hydroxyl groups is 2. The zero-order chi connectivity index (χ0) is 50.9. The van der Waals surface area contributed by atoms with Crippen molar-refractivity contribution < 1.29 is 24.5 Å². The Morgan fingerprint density at radius 3 is 1.20 bits per heavy atom. The second kappa shape index (κ2) is 56.7. The Hall–Kier alpha value is -3.22. The fraction of sp³-hybridized carbons (Fsp3) is 0.719. The molecule has 0 bridgehead atoms. The summed E-state index contributed by atoms with van der Waals surface area (Å²) in [7, 11) is 0. The van der Waals surface area contributed by atoms with Crippen LogP contribution >= 0.6 is 0 Å². The van der Waals surface area contributed by atoms with Gasteiger partial charge in [0, 0.05) is 6.42 Å². The Bertz CT molecular complexity index is 1370. The van der Waals surface area contributed by atoms with Crippen LogP contribution in [0.1, 0.15) is 271 Å². The molecular formula is C64H111NO5. The van der Waals surface area contributed by atoms with E-state index in [1.165, 1.54) is 128 Å². The van der Waals surface area contributed by atoms with Gasteiger partial charge in [-0.15, -0.1) is 0 Å². The van der Waals surface area contributed by atoms with Gasteiger partial charge in [-0.3, -0.25) is 9.59 Å². The number of rotatable bonds is 52. The maximum absolute atomic E-state index is 13.3. The van der Waals surface area contributed by atoms with E-state index in [1.807, 2.05) is 6.08 Å². The average molecular weight is 975 g/mol. The first-order chi connectivity index (χ1) is 34.5. The summed E-state index contributed by atoms with van der Waals surface area (Å²) >= 11 is 0. The van der Waals surface area contributed by atoms with Gasteiger partial charge >= 0.3 is 5.97 Å². The SMILES string of the molecule is CC/C=C\C/C=C\C/C=C\C/C=C\C/C=C\C/C=C\CCC(=O)OC(CCCCCCCCC/C=C\C/C=C\CCCCC)CC(=O)NC(CO)C(O)CCCCCCCCCCCCCCCCC. The van der Waals surface area contributed by atoms with Crippen LogP contribution in [0, 0.1) is 0 Å². The molecule has 0 saturated heterocycles. The number of amides is 1. The first-order valence-electron chi connectivity index (χ1n) is 29.5. The van der Waals surface area contributed by atoms with Gasteiger partial charge in [0.15, 0.2) is 0 Å². The van der Waals surface area contributed by atoms with E-state index in [1.54, 1.807) is 0 Å². The third-order valence-electron chi connectivity index (χ3n) is 12.9. The fourth-order valence-electron chi connectivity index (χ4n) is 8.49. The minimum atomic E-state index is -0.809. The van der Waals surface area contributed by atoms with Crippen LogP contribution < -0.4 is 5.32 Å². The molecule has 0 fully saturated rings. The molecule has 0 aliphatic heterocycles. The predicted octanol–water partition coefficient (Wildman–Crippen LogP) is 18.5. The van der Waals surface area contributed by atoms with Crippen LogP contribution in [0.3, 0.4) is 0 Å². The first kappa shape index (κ1) is 66.8. The van der Waals surface area contributed by atoms with Gasteiger partial charge in [0.1, 0.15) is 6.10 Å². The van der Waals surface area contributed by atoms with E-state index in [2.05, 4.69) is 117 Å². The maximum atomic E-state index is 13.3. The zero-order valence-electron chi connectivity index (χ0n) is 45.9. The van der Waals surface area contributed by atoms with E-state index in [0.717, 1.165) is 89.9 Å². The molecule has 70 heavy (non-hydrogen) atoms. The molecule has 3 N–H and O–H groups in total. The quantitative estimate of drug-likeness (QED) is 0.0321. The van der Waals surface area contributed by atoms with Crippen molar-refractivity contribution in [3.63, 3.8) is 0 Å². The lowest BCUT2D eigenvalue weighted by molar-refractivity contribution is -0.150. The highest BCUT2D eigenvalue weighted by molar-refractivity contribution is 5.77. The van der Waals surface area contributed by atoms with Crippen molar-refractivity contribution in [2.75, 3.05) is 6.61 Å². The molecule has 0 aliphatic rings. The van der Waals surface area contributed by atoms with E-state index >= 15 is 0 Å². The van der Waals surface area contributed by atoms with Crippen LogP contribution in [0.25, 0.3) is 0 Å². The lowest BCUT2D eigenvalue weighted by Crippen LogP contribution is -2.46. The van der Waals surface area contributed by atoms with E-state index in [-0.39, 0.29) is 31.3 Å². The highest BCUT2D eigenvalue weighted by Gasteiger charge is 2.24. The molecule has 0 rings (SSSR count). The van der Waals surface area contributed by atoms with Gasteiger partial charge in [0.25, 0.3) is 0 Å². The Kier molecular flexibility index (Phi) is 54.1. The zero-order valence-corrected chi connectivity index (χ0v) is 45.9. The third kappa shape index (κ3) is 51.1. The predicted molar refractivity (Wildman–Crippen MR) is 305 cm³/mol. The molecule has 0 spiro atoms. The lowest BCUT2D eigenvalue weighted by Gasteiger charge is -2.24. The van der Waals surface area contributed by atoms with Crippen LogP contribution in [0.15, 0.2) is 97.2 Å². The molecule has 0 aromatic heterocycles. The van der Waals surface area contributed by atoms with E-state index in [4.69, 9.17) is 4.74 Å². The topological polar surface area (TPSA) is 95.9 Å². The largest absolute Gasteiger partial charge is 0.462 e. The van der Waals surface area contributed by atoms with Crippen molar-refractivity contribution in [2.24, 2.45) is 0 Å². The van der Waals surface area contributed by atoms with Gasteiger partial charge in [0.2, 0.25) is 5.91 Å². The number of allylic oxidation sites excluding steroid dienone is 16. The van der Waals surface area contributed by atoms with E-state index < -0.39 is 18.2 Å². The van der Waals surface area contributed by atoms with Gasteiger partial charge < -0.3 is 20.3 Å². The molecule has 0 heterocycles. The van der Waals surface area contributed by atoms with Crippen LogP contribution in [-0.4, -0.2) is 46.9 Å². The summed E-state index contributed by atoms with van der Waals surface area (Å²) < 4.78 is 5.92. The van der Waals surface area contributed by atoms with E-state index in [0.29, 0.717) is 19.3 Å². The van der Waals surface area contributed by atoms with Crippen LogP contribution in [0.2, 0.25) is 0 Å². The standard InChI is InChI=1S/C64H111NO5/c1-4-7-10-13-16-19-22-25-28-30-31-33-36-39-42-45-48-51-54-57-64(69)70-60(55-52-49-46-43-40-37-35-32-29-26-23-20-17-14-11-8-5-2)58-63(68)65-61(59-66)62(67)56-53-50-47-44-41-38-34-27-24-21-18-15-12-9-6-3/h7,10,16-17,19-20,25-26,28-29,31,33,39,42,48,51,60-62,66-67H,4-6,8-9,11-15,18,21-24,27,30,32,34-38,40-41,43-47,49-50,52-59H2,1-3H3,(H,65,68)/b10-7-,19-16-,20-17-,28-25-,29-26-,33-31-,42-39-,51-48-. The summed E-state index contributed by atoms with van der Waals surface area (Å²) in [5.41, 5.74) is 0. The molecule has 6 heteroatoms. The molecule has 0 aromatic carbocycles. The first-order valence-corrected chi connectivity index (χ1v) is 29.5. The highest BCUT2D eigenvalue weighted by Crippen LogP contribution is 2.18. The van der Waals surface area contributed by atoms with Crippen molar-refractivity contribution in [1.82, 2.24) is 5.32 Å². The summed E-state index contributed by atoms with van der Waals surface area (Å²) in [6.45, 7) is 6.35. The summed E-state index contributed by atoms with van der Waals surface area (Å²) in [4.78, 5) is 26.3. The van der Waals surface area contributed by atoms with Crippen LogP contribution in [-0.2, 0) is 14.3 Å². The monoisotopic (exact) mass is 974 g/mol. The number of hydrogen-bond acceptors (Lipinski definition) is 5. The average Bonchev–Trinajstić information content (AvgIpc) is 3.35. The molecular weight excluding hydrogens is 863 g/mol. The second-order valence-electron chi connectivity index (χ2n) is 19.7. The minimum absolute atomic E-state index is 0.0377. The van der Waals surface area contributed by atoms with Gasteiger partial charge in [-0.05, 0) is 96.3 Å². The Balaban J connectivity index is 4.71. The lowest BCUT2D eigenvalue weighted by atomic mass is 10.0. The molecule has 0 aromatic rings. The molecule has 0 aliphatic carbocycles. The number of unbranched alkanes of at least 4 members (excludes halogenated alkanes) is 24. The summed E-state index contributed by atoms with van der Waals surface area (Å²) in [5.74, 6) is -0.581. The van der Waals surface area contributed by atoms with Crippen molar-refractivity contribution >= 4 is 11.9 Å². The highest BCUT2D eigenvalue weighted by atomic mass is 16.5. The number of aliphatic hydroxyl groups excluding tert-OH is 2. The van der Waals surface area contributed by atoms with Gasteiger partial charge in [-0.1, -0.05) is 259 Å². The van der Waals surface area contributed by atoms with Crippen molar-refractivity contribution in [3.05, 3.63) is 97.2 Å². The third-order valence-corrected chi connectivity index (χ3v) is 12.9. The van der Waals surface area contributed by atoms with E-state index in [9.17, 15) is 19.8 Å². The number of nitrogens with one attached hydrogen (secondary N) is 1. The van der Waals surface area contributed by atoms with Gasteiger partial charge in [-0.25, -0.2) is 0 Å². The molecule has 1 amide bonds. The smallest absolute Gasteiger partial charge is 0.306 e. The normalized spacial score (nSPS) is 13.8. The summed E-state index contributed by atoms with van der Waals surface area (Å²) in [6, 6.07) is -0.726.